The van der Waals surface area contributed by atoms with Gasteiger partial charge in [-0.2, -0.15) is 0 Å². The van der Waals surface area contributed by atoms with Gasteiger partial charge in [-0.15, -0.1) is 0 Å². The molecule has 0 saturated carbocycles. The number of carboxylic acid groups (broad SMARTS) is 1. The number of hydrogen-bond donors (Lipinski definition) is 3. The molecule has 1 amide bonds. The molecule has 0 spiro atoms. The first-order chi connectivity index (χ1) is 16.9. The Morgan fingerprint density at radius 3 is 2.20 bits per heavy atom. The summed E-state index contributed by atoms with van der Waals surface area (Å²) in [4.78, 5) is 24.1. The fourth-order valence-electron chi connectivity index (χ4n) is 3.70. The van der Waals surface area contributed by atoms with E-state index in [1.165, 1.54) is 6.07 Å². The summed E-state index contributed by atoms with van der Waals surface area (Å²) in [5, 5.41) is 26.3. The van der Waals surface area contributed by atoms with Crippen molar-refractivity contribution in [3.8, 4) is 22.5 Å². The Labute approximate surface area is 207 Å². The molecule has 7 nitrogen and oxygen atoms in total. The van der Waals surface area contributed by atoms with Crippen molar-refractivity contribution in [3.63, 3.8) is 0 Å². The van der Waals surface area contributed by atoms with Crippen LogP contribution in [-0.2, 0) is 11.2 Å². The minimum absolute atomic E-state index is 0.0455. The number of aliphatic carboxylic acids is 1. The highest BCUT2D eigenvalue weighted by Gasteiger charge is 2.24. The molecule has 0 aliphatic rings. The Morgan fingerprint density at radius 1 is 0.914 bits per heavy atom. The van der Waals surface area contributed by atoms with E-state index in [9.17, 15) is 14.7 Å². The van der Waals surface area contributed by atoms with Gasteiger partial charge in [0.1, 0.15) is 0 Å². The Kier molecular flexibility index (Phi) is 7.60. The SMILES string of the molecule is O=C(N[C@H](Cc1ccc(-c2ccccc2)cc1)C[C@@H](O)C(=O)O)c1cc(-c2ccc(Cl)cc2)on1. The minimum atomic E-state index is -1.62. The third-order valence-electron chi connectivity index (χ3n) is 5.54. The first-order valence-electron chi connectivity index (χ1n) is 11.0. The molecule has 4 aromatic rings. The second-order valence-electron chi connectivity index (χ2n) is 8.11. The molecule has 0 fully saturated rings. The summed E-state index contributed by atoms with van der Waals surface area (Å²) in [6.07, 6.45) is -1.46. The number of amides is 1. The number of nitrogens with one attached hydrogen (secondary N) is 1. The molecule has 4 rings (SSSR count). The second-order valence-corrected chi connectivity index (χ2v) is 8.55. The Hall–Kier alpha value is -3.94. The molecule has 35 heavy (non-hydrogen) atoms. The van der Waals surface area contributed by atoms with Crippen molar-refractivity contribution in [3.05, 3.63) is 101 Å². The van der Waals surface area contributed by atoms with Gasteiger partial charge in [0.2, 0.25) is 0 Å². The molecule has 0 unspecified atom stereocenters. The summed E-state index contributed by atoms with van der Waals surface area (Å²) in [6, 6.07) is 25.4. The van der Waals surface area contributed by atoms with Gasteiger partial charge < -0.3 is 20.1 Å². The predicted molar refractivity (Wildman–Crippen MR) is 132 cm³/mol. The van der Waals surface area contributed by atoms with Gasteiger partial charge in [-0.1, -0.05) is 71.4 Å². The van der Waals surface area contributed by atoms with Crippen molar-refractivity contribution in [1.82, 2.24) is 10.5 Å². The maximum atomic E-state index is 12.9. The molecular weight excluding hydrogens is 468 g/mol. The van der Waals surface area contributed by atoms with Crippen molar-refractivity contribution in [2.24, 2.45) is 0 Å². The van der Waals surface area contributed by atoms with Gasteiger partial charge in [0.15, 0.2) is 17.6 Å². The zero-order valence-electron chi connectivity index (χ0n) is 18.6. The molecule has 0 radical (unpaired) electrons. The maximum Gasteiger partial charge on any atom is 0.332 e. The lowest BCUT2D eigenvalue weighted by Gasteiger charge is -2.20. The van der Waals surface area contributed by atoms with Gasteiger partial charge in [-0.05, 0) is 47.4 Å². The van der Waals surface area contributed by atoms with E-state index < -0.39 is 24.0 Å². The van der Waals surface area contributed by atoms with Crippen LogP contribution in [0.1, 0.15) is 22.5 Å². The van der Waals surface area contributed by atoms with E-state index in [0.717, 1.165) is 16.7 Å². The highest BCUT2D eigenvalue weighted by molar-refractivity contribution is 6.30. The highest BCUT2D eigenvalue weighted by Crippen LogP contribution is 2.23. The number of halogens is 1. The zero-order chi connectivity index (χ0) is 24.8. The highest BCUT2D eigenvalue weighted by atomic mass is 35.5. The number of hydrogen-bond acceptors (Lipinski definition) is 5. The van der Waals surface area contributed by atoms with E-state index in [0.29, 0.717) is 22.8 Å². The van der Waals surface area contributed by atoms with Crippen LogP contribution in [0.4, 0.5) is 0 Å². The molecule has 2 atom stereocenters. The third-order valence-corrected chi connectivity index (χ3v) is 5.79. The van der Waals surface area contributed by atoms with Crippen molar-refractivity contribution in [2.75, 3.05) is 0 Å². The van der Waals surface area contributed by atoms with Gasteiger partial charge in [0, 0.05) is 29.1 Å². The summed E-state index contributed by atoms with van der Waals surface area (Å²) in [5.74, 6) is -1.49. The third kappa shape index (κ3) is 6.35. The summed E-state index contributed by atoms with van der Waals surface area (Å²) < 4.78 is 5.29. The second kappa shape index (κ2) is 11.0. The Balaban J connectivity index is 1.48. The molecule has 0 aliphatic heterocycles. The number of benzene rings is 3. The van der Waals surface area contributed by atoms with E-state index in [-0.39, 0.29) is 12.1 Å². The lowest BCUT2D eigenvalue weighted by molar-refractivity contribution is -0.147. The molecule has 3 aromatic carbocycles. The summed E-state index contributed by atoms with van der Waals surface area (Å²) in [5.41, 5.74) is 3.75. The van der Waals surface area contributed by atoms with Crippen LogP contribution in [0, 0.1) is 0 Å². The molecule has 8 heteroatoms. The number of carboxylic acids is 1. The summed E-state index contributed by atoms with van der Waals surface area (Å²) in [7, 11) is 0. The van der Waals surface area contributed by atoms with Crippen molar-refractivity contribution in [2.45, 2.75) is 25.0 Å². The van der Waals surface area contributed by atoms with E-state index in [2.05, 4.69) is 10.5 Å². The summed E-state index contributed by atoms with van der Waals surface area (Å²) in [6.45, 7) is 0. The van der Waals surface area contributed by atoms with Crippen molar-refractivity contribution >= 4 is 23.5 Å². The molecule has 0 saturated heterocycles. The molecule has 178 valence electrons. The van der Waals surface area contributed by atoms with Crippen LogP contribution in [0.5, 0.6) is 0 Å². The van der Waals surface area contributed by atoms with Crippen molar-refractivity contribution in [1.29, 1.82) is 0 Å². The van der Waals surface area contributed by atoms with Crippen LogP contribution in [0.25, 0.3) is 22.5 Å². The van der Waals surface area contributed by atoms with Gasteiger partial charge >= 0.3 is 5.97 Å². The van der Waals surface area contributed by atoms with Crippen LogP contribution < -0.4 is 5.32 Å². The van der Waals surface area contributed by atoms with E-state index in [1.807, 2.05) is 54.6 Å². The van der Waals surface area contributed by atoms with E-state index in [4.69, 9.17) is 21.2 Å². The number of rotatable bonds is 9. The fraction of sp³-hybridized carbons (Fsp3) is 0.148. The van der Waals surface area contributed by atoms with E-state index >= 15 is 0 Å². The fourth-order valence-corrected chi connectivity index (χ4v) is 3.83. The first-order valence-corrected chi connectivity index (χ1v) is 11.4. The number of nitrogens with zero attached hydrogens (tertiary/aromatic N) is 1. The van der Waals surface area contributed by atoms with Crippen LogP contribution in [0.15, 0.2) is 89.5 Å². The van der Waals surface area contributed by atoms with E-state index in [1.54, 1.807) is 24.3 Å². The van der Waals surface area contributed by atoms with Crippen LogP contribution >= 0.6 is 11.6 Å². The topological polar surface area (TPSA) is 113 Å². The number of aliphatic hydroxyl groups is 1. The normalized spacial score (nSPS) is 12.6. The van der Waals surface area contributed by atoms with Gasteiger partial charge in [0.05, 0.1) is 0 Å². The lowest BCUT2D eigenvalue weighted by Crippen LogP contribution is -2.40. The number of carbonyl (C=O) groups is 2. The lowest BCUT2D eigenvalue weighted by atomic mass is 9.97. The quantitative estimate of drug-likeness (QED) is 0.309. The standard InChI is InChI=1S/C27H23ClN2O5/c28-21-12-10-20(11-13-21)25-16-23(30-35-25)26(32)29-22(15-24(31)27(33)34)14-17-6-8-19(9-7-17)18-4-2-1-3-5-18/h1-13,16,22,24,31H,14-15H2,(H,29,32)(H,33,34)/t22-,24-/m1/s1. The molecule has 0 aliphatic carbocycles. The molecular formula is C27H23ClN2O5. The predicted octanol–water partition coefficient (Wildman–Crippen LogP) is 4.84. The largest absolute Gasteiger partial charge is 0.479 e. The van der Waals surface area contributed by atoms with Gasteiger partial charge in [-0.3, -0.25) is 4.79 Å². The average Bonchev–Trinajstić information content (AvgIpc) is 3.36. The Morgan fingerprint density at radius 2 is 1.54 bits per heavy atom. The molecule has 3 N–H and O–H groups in total. The van der Waals surface area contributed by atoms with Gasteiger partial charge in [0.25, 0.3) is 5.91 Å². The van der Waals surface area contributed by atoms with Crippen LogP contribution in [0.3, 0.4) is 0 Å². The van der Waals surface area contributed by atoms with Gasteiger partial charge in [-0.25, -0.2) is 4.79 Å². The molecule has 1 aromatic heterocycles. The number of aliphatic hydroxyl groups excluding tert-OH is 1. The Bertz CT molecular complexity index is 1290. The van der Waals surface area contributed by atoms with Crippen molar-refractivity contribution < 1.29 is 24.3 Å². The monoisotopic (exact) mass is 490 g/mol. The first kappa shape index (κ1) is 24.2. The molecule has 1 heterocycles. The number of carbonyl (C=O) groups excluding carboxylic acids is 1. The summed E-state index contributed by atoms with van der Waals surface area (Å²) >= 11 is 5.91. The zero-order valence-corrected chi connectivity index (χ0v) is 19.4. The van der Waals surface area contributed by atoms with Crippen LogP contribution in [-0.4, -0.2) is 39.4 Å². The molecule has 0 bridgehead atoms. The maximum absolute atomic E-state index is 12.9. The smallest absolute Gasteiger partial charge is 0.332 e. The average molecular weight is 491 g/mol. The number of aromatic nitrogens is 1. The van der Waals surface area contributed by atoms with Crippen LogP contribution in [0.2, 0.25) is 5.02 Å². The minimum Gasteiger partial charge on any atom is -0.479 e.